The minimum Gasteiger partial charge on any atom is -0.410 e. The first kappa shape index (κ1) is 18.8. The molecule has 0 aromatic rings. The Morgan fingerprint density at radius 2 is 1.96 bits per heavy atom. The van der Waals surface area contributed by atoms with Gasteiger partial charge in [-0.25, -0.2) is 0 Å². The van der Waals surface area contributed by atoms with Crippen molar-refractivity contribution in [2.75, 3.05) is 6.61 Å². The molecular weight excluding hydrogens is 368 g/mol. The summed E-state index contributed by atoms with van der Waals surface area (Å²) in [6.07, 6.45) is 5.33. The Labute approximate surface area is 168 Å². The van der Waals surface area contributed by atoms with E-state index in [-0.39, 0.29) is 29.0 Å². The molecule has 1 saturated carbocycles. The first-order valence-corrected chi connectivity index (χ1v) is 13.2. The summed E-state index contributed by atoms with van der Waals surface area (Å²) in [5.41, 5.74) is 11.4. The summed E-state index contributed by atoms with van der Waals surface area (Å²) in [5, 5.41) is 0.197. The van der Waals surface area contributed by atoms with E-state index >= 15 is 0 Å². The number of ether oxygens (including phenoxy) is 3. The molecular formula is C23H30O4Si. The molecule has 3 aliphatic carbocycles. The molecule has 1 spiro atoms. The number of fused-ring (bicyclic) bond motifs is 3. The zero-order chi connectivity index (χ0) is 20.1. The first-order chi connectivity index (χ1) is 12.9. The van der Waals surface area contributed by atoms with E-state index in [0.29, 0.717) is 6.61 Å². The molecule has 0 N–H and O–H groups in total. The summed E-state index contributed by atoms with van der Waals surface area (Å²) >= 11 is 0. The maximum absolute atomic E-state index is 6.68. The van der Waals surface area contributed by atoms with E-state index in [1.54, 1.807) is 0 Å². The lowest BCUT2D eigenvalue weighted by atomic mass is 9.99. The molecule has 4 atom stereocenters. The molecule has 3 fully saturated rings. The van der Waals surface area contributed by atoms with Gasteiger partial charge in [-0.1, -0.05) is 20.8 Å². The summed E-state index contributed by atoms with van der Waals surface area (Å²) in [7, 11) is -1.83. The predicted molar refractivity (Wildman–Crippen MR) is 109 cm³/mol. The molecule has 5 aliphatic rings. The SMILES string of the molecule is CC1(C)OC[C@H](C2=C=C3C(=C=C2)[C@@H]2O[C@@]24C[C@H](O[Si](C)(C)C(C)(C)C)C=C34)O1. The molecule has 0 bridgehead atoms. The van der Waals surface area contributed by atoms with Crippen molar-refractivity contribution in [3.8, 4) is 0 Å². The largest absolute Gasteiger partial charge is 0.410 e. The molecule has 0 aromatic heterocycles. The Bertz CT molecular complexity index is 919. The van der Waals surface area contributed by atoms with Crippen LogP contribution in [0.3, 0.4) is 0 Å². The van der Waals surface area contributed by atoms with Gasteiger partial charge < -0.3 is 18.6 Å². The second-order valence-corrected chi connectivity index (χ2v) is 15.3. The lowest BCUT2D eigenvalue weighted by Gasteiger charge is -2.38. The van der Waals surface area contributed by atoms with Crippen LogP contribution in [0.5, 0.6) is 0 Å². The normalized spacial score (nSPS) is 37.6. The number of epoxide rings is 1. The number of hydrogen-bond acceptors (Lipinski definition) is 4. The van der Waals surface area contributed by atoms with Crippen molar-refractivity contribution < 1.29 is 18.6 Å². The third-order valence-electron chi connectivity index (χ3n) is 7.07. The van der Waals surface area contributed by atoms with E-state index < -0.39 is 14.1 Å². The van der Waals surface area contributed by atoms with E-state index in [4.69, 9.17) is 18.6 Å². The third kappa shape index (κ3) is 2.66. The molecule has 0 radical (unpaired) electrons. The van der Waals surface area contributed by atoms with E-state index in [1.807, 2.05) is 19.9 Å². The molecule has 5 heteroatoms. The fraction of sp³-hybridized carbons (Fsp3) is 0.652. The summed E-state index contributed by atoms with van der Waals surface area (Å²) in [4.78, 5) is 0. The molecule has 2 aliphatic heterocycles. The van der Waals surface area contributed by atoms with Crippen LogP contribution in [-0.2, 0) is 18.6 Å². The summed E-state index contributed by atoms with van der Waals surface area (Å²) < 4.78 is 24.6. The second-order valence-electron chi connectivity index (χ2n) is 10.6. The Balaban J connectivity index is 1.46. The van der Waals surface area contributed by atoms with Crippen molar-refractivity contribution in [2.45, 2.75) is 88.9 Å². The molecule has 0 amide bonds. The molecule has 150 valence electrons. The standard InChI is InChI=1S/C23H30O4Si/c1-21(2,3)28(6,7)27-15-11-18-17-10-14(19-13-24-22(4,5)25-19)8-9-16(17)20-23(18,12-15)26-20/h8,11,15,19-20H,12-13H2,1-7H3/t15-,19-,20+,23-/m1/s1. The lowest BCUT2D eigenvalue weighted by Crippen LogP contribution is -2.43. The monoisotopic (exact) mass is 398 g/mol. The van der Waals surface area contributed by atoms with Crippen molar-refractivity contribution >= 4 is 8.32 Å². The van der Waals surface area contributed by atoms with Gasteiger partial charge in [-0.3, -0.25) is 0 Å². The van der Waals surface area contributed by atoms with Crippen LogP contribution in [0.4, 0.5) is 0 Å². The molecule has 0 aromatic carbocycles. The first-order valence-electron chi connectivity index (χ1n) is 10.3. The zero-order valence-corrected chi connectivity index (χ0v) is 18.9. The smallest absolute Gasteiger partial charge is 0.192 e. The van der Waals surface area contributed by atoms with Gasteiger partial charge in [0, 0.05) is 28.7 Å². The van der Waals surface area contributed by atoms with Crippen molar-refractivity contribution in [1.29, 1.82) is 0 Å². The van der Waals surface area contributed by atoms with Crippen LogP contribution in [-0.4, -0.2) is 44.6 Å². The molecule has 28 heavy (non-hydrogen) atoms. The average molecular weight is 399 g/mol. The van der Waals surface area contributed by atoms with Crippen molar-refractivity contribution in [3.63, 3.8) is 0 Å². The van der Waals surface area contributed by atoms with Gasteiger partial charge in [0.15, 0.2) is 14.1 Å². The number of hydrogen-bond donors (Lipinski definition) is 0. The highest BCUT2D eigenvalue weighted by Gasteiger charge is 2.70. The molecule has 2 heterocycles. The maximum atomic E-state index is 6.68. The van der Waals surface area contributed by atoms with Crippen molar-refractivity contribution in [3.05, 3.63) is 45.9 Å². The van der Waals surface area contributed by atoms with E-state index in [1.165, 1.54) is 5.57 Å². The Hall–Kier alpha value is -1.16. The summed E-state index contributed by atoms with van der Waals surface area (Å²) in [5.74, 6) is -0.543. The Morgan fingerprint density at radius 1 is 1.21 bits per heavy atom. The number of rotatable bonds is 3. The quantitative estimate of drug-likeness (QED) is 0.397. The van der Waals surface area contributed by atoms with Crippen molar-refractivity contribution in [2.24, 2.45) is 0 Å². The minimum atomic E-state index is -1.83. The highest BCUT2D eigenvalue weighted by Crippen LogP contribution is 2.64. The Morgan fingerprint density at radius 3 is 2.61 bits per heavy atom. The van der Waals surface area contributed by atoms with Crippen LogP contribution in [0.15, 0.2) is 45.9 Å². The van der Waals surface area contributed by atoms with Gasteiger partial charge in [-0.2, -0.15) is 0 Å². The molecule has 5 rings (SSSR count). The second kappa shape index (κ2) is 5.50. The van der Waals surface area contributed by atoms with E-state index in [9.17, 15) is 0 Å². The fourth-order valence-corrected chi connectivity index (χ4v) is 5.72. The maximum Gasteiger partial charge on any atom is 0.192 e. The zero-order valence-electron chi connectivity index (χ0n) is 17.9. The molecule has 0 unspecified atom stereocenters. The van der Waals surface area contributed by atoms with Gasteiger partial charge in [0.2, 0.25) is 0 Å². The minimum absolute atomic E-state index is 0.0911. The van der Waals surface area contributed by atoms with Crippen LogP contribution >= 0.6 is 0 Å². The lowest BCUT2D eigenvalue weighted by molar-refractivity contribution is -0.134. The highest BCUT2D eigenvalue weighted by molar-refractivity contribution is 6.74. The Kier molecular flexibility index (Phi) is 3.70. The topological polar surface area (TPSA) is 40.2 Å². The van der Waals surface area contributed by atoms with Crippen LogP contribution in [0.25, 0.3) is 0 Å². The molecule has 4 nitrogen and oxygen atoms in total. The van der Waals surface area contributed by atoms with Gasteiger partial charge in [-0.05, 0) is 44.1 Å². The van der Waals surface area contributed by atoms with Gasteiger partial charge in [-0.15, -0.1) is 11.5 Å². The van der Waals surface area contributed by atoms with Crippen LogP contribution in [0, 0.1) is 0 Å². The van der Waals surface area contributed by atoms with Gasteiger partial charge in [0.05, 0.1) is 12.7 Å². The van der Waals surface area contributed by atoms with Gasteiger partial charge in [0.1, 0.15) is 17.8 Å². The summed E-state index contributed by atoms with van der Waals surface area (Å²) in [6.45, 7) is 15.9. The molecule has 2 saturated heterocycles. The van der Waals surface area contributed by atoms with Crippen LogP contribution < -0.4 is 0 Å². The van der Waals surface area contributed by atoms with Crippen LogP contribution in [0.2, 0.25) is 18.1 Å². The van der Waals surface area contributed by atoms with Crippen molar-refractivity contribution in [1.82, 2.24) is 0 Å². The van der Waals surface area contributed by atoms with Gasteiger partial charge in [0.25, 0.3) is 0 Å². The highest BCUT2D eigenvalue weighted by atomic mass is 28.4. The summed E-state index contributed by atoms with van der Waals surface area (Å²) in [6, 6.07) is 0. The fourth-order valence-electron chi connectivity index (χ4n) is 4.46. The predicted octanol–water partition coefficient (Wildman–Crippen LogP) is 4.56. The average Bonchev–Trinajstić information content (AvgIpc) is 2.86. The van der Waals surface area contributed by atoms with Gasteiger partial charge >= 0.3 is 0 Å². The van der Waals surface area contributed by atoms with Crippen LogP contribution in [0.1, 0.15) is 41.0 Å². The van der Waals surface area contributed by atoms with E-state index in [2.05, 4.69) is 51.4 Å². The third-order valence-corrected chi connectivity index (χ3v) is 11.6. The van der Waals surface area contributed by atoms with E-state index in [0.717, 1.165) is 23.1 Å².